The Labute approximate surface area is 202 Å². The number of anilines is 1. The van der Waals surface area contributed by atoms with Crippen LogP contribution >= 0.6 is 24.0 Å². The Morgan fingerprint density at radius 1 is 1.19 bits per heavy atom. The summed E-state index contributed by atoms with van der Waals surface area (Å²) in [4.78, 5) is 14.1. The normalized spacial score (nSPS) is 17.0. The van der Waals surface area contributed by atoms with Gasteiger partial charge in [-0.25, -0.2) is 9.98 Å². The van der Waals surface area contributed by atoms with E-state index in [2.05, 4.69) is 49.5 Å². The number of furan rings is 1. The number of aromatic nitrogens is 1. The van der Waals surface area contributed by atoms with Crippen LogP contribution in [0.3, 0.4) is 0 Å². The molecule has 0 radical (unpaired) electrons. The highest BCUT2D eigenvalue weighted by atomic mass is 127. The molecule has 3 N–H and O–H groups in total. The number of likely N-dealkylation sites (N-methyl/N-ethyl adjacent to an activating group) is 1. The Morgan fingerprint density at radius 2 is 1.97 bits per heavy atom. The molecule has 1 aliphatic heterocycles. The lowest BCUT2D eigenvalue weighted by Crippen LogP contribution is -2.46. The van der Waals surface area contributed by atoms with Crippen molar-refractivity contribution in [2.75, 3.05) is 50.7 Å². The lowest BCUT2D eigenvalue weighted by molar-refractivity contribution is 0.0386. The number of aliphatic imine (C=N–C) groups is 1. The molecule has 172 valence electrons. The average Bonchev–Trinajstić information content (AvgIpc) is 3.32. The Bertz CT molecular complexity index is 787. The standard InChI is InChI=1S/C22H34N6O2.HI/c1-4-23-21(26-17-22(3,29)19-7-6-14-30-19)25-16-18-8-9-20(24-15-18)28-12-10-27(5-2)11-13-28;/h6-9,14-15,29H,4-5,10-13,16-17H2,1-3H3,(H2,23,25,26);1H. The molecule has 1 aliphatic rings. The zero-order valence-electron chi connectivity index (χ0n) is 18.7. The number of halogens is 1. The fourth-order valence-corrected chi connectivity index (χ4v) is 3.43. The van der Waals surface area contributed by atoms with E-state index in [1.807, 2.05) is 13.1 Å². The van der Waals surface area contributed by atoms with Gasteiger partial charge < -0.3 is 30.0 Å². The zero-order chi connectivity index (χ0) is 21.4. The van der Waals surface area contributed by atoms with E-state index in [1.54, 1.807) is 25.3 Å². The number of rotatable bonds is 8. The topological polar surface area (TPSA) is 89.2 Å². The fourth-order valence-electron chi connectivity index (χ4n) is 3.43. The van der Waals surface area contributed by atoms with Crippen molar-refractivity contribution >= 4 is 35.8 Å². The molecule has 1 unspecified atom stereocenters. The quantitative estimate of drug-likeness (QED) is 0.268. The highest BCUT2D eigenvalue weighted by Crippen LogP contribution is 2.19. The first-order valence-electron chi connectivity index (χ1n) is 10.7. The summed E-state index contributed by atoms with van der Waals surface area (Å²) < 4.78 is 5.33. The van der Waals surface area contributed by atoms with Gasteiger partial charge in [0.25, 0.3) is 0 Å². The average molecular weight is 542 g/mol. The predicted octanol–water partition coefficient (Wildman–Crippen LogP) is 2.40. The second-order valence-corrected chi connectivity index (χ2v) is 7.75. The van der Waals surface area contributed by atoms with Crippen LogP contribution in [0.5, 0.6) is 0 Å². The second-order valence-electron chi connectivity index (χ2n) is 7.75. The van der Waals surface area contributed by atoms with E-state index >= 15 is 0 Å². The van der Waals surface area contributed by atoms with Crippen LogP contribution in [0.15, 0.2) is 46.1 Å². The first-order valence-corrected chi connectivity index (χ1v) is 10.7. The van der Waals surface area contributed by atoms with Crippen LogP contribution in [0.4, 0.5) is 5.82 Å². The Kier molecular flexibility index (Phi) is 10.0. The molecule has 31 heavy (non-hydrogen) atoms. The number of hydrogen-bond acceptors (Lipinski definition) is 6. The van der Waals surface area contributed by atoms with E-state index in [0.717, 1.165) is 50.6 Å². The van der Waals surface area contributed by atoms with Crippen LogP contribution < -0.4 is 15.5 Å². The molecule has 3 heterocycles. The summed E-state index contributed by atoms with van der Waals surface area (Å²) in [6.07, 6.45) is 3.46. The summed E-state index contributed by atoms with van der Waals surface area (Å²) in [5.74, 6) is 2.19. The molecule has 2 aromatic rings. The van der Waals surface area contributed by atoms with Crippen molar-refractivity contribution in [3.63, 3.8) is 0 Å². The van der Waals surface area contributed by atoms with Crippen LogP contribution in [0, 0.1) is 0 Å². The Balaban J connectivity index is 0.00000341. The maximum Gasteiger partial charge on any atom is 0.191 e. The zero-order valence-corrected chi connectivity index (χ0v) is 21.0. The smallest absolute Gasteiger partial charge is 0.191 e. The third kappa shape index (κ3) is 7.36. The van der Waals surface area contributed by atoms with Gasteiger partial charge in [-0.15, -0.1) is 24.0 Å². The molecule has 9 heteroatoms. The molecule has 3 rings (SSSR count). The van der Waals surface area contributed by atoms with Gasteiger partial charge in [0.2, 0.25) is 0 Å². The minimum absolute atomic E-state index is 0. The van der Waals surface area contributed by atoms with Crippen molar-refractivity contribution in [2.45, 2.75) is 32.9 Å². The highest BCUT2D eigenvalue weighted by Gasteiger charge is 2.26. The van der Waals surface area contributed by atoms with Crippen molar-refractivity contribution in [3.8, 4) is 0 Å². The lowest BCUT2D eigenvalue weighted by Gasteiger charge is -2.34. The molecule has 1 atom stereocenters. The van der Waals surface area contributed by atoms with E-state index < -0.39 is 5.60 Å². The SMILES string of the molecule is CCNC(=NCc1ccc(N2CCN(CC)CC2)nc1)NCC(C)(O)c1ccco1.I. The summed E-state index contributed by atoms with van der Waals surface area (Å²) in [5, 5.41) is 17.0. The van der Waals surface area contributed by atoms with Gasteiger partial charge in [0, 0.05) is 38.9 Å². The summed E-state index contributed by atoms with van der Waals surface area (Å²) >= 11 is 0. The summed E-state index contributed by atoms with van der Waals surface area (Å²) in [5.41, 5.74) is -0.0778. The molecule has 1 saturated heterocycles. The van der Waals surface area contributed by atoms with Gasteiger partial charge in [0.05, 0.1) is 19.4 Å². The molecule has 0 spiro atoms. The number of nitrogens with one attached hydrogen (secondary N) is 2. The van der Waals surface area contributed by atoms with Crippen molar-refractivity contribution in [3.05, 3.63) is 48.0 Å². The first-order chi connectivity index (χ1) is 14.5. The predicted molar refractivity (Wildman–Crippen MR) is 135 cm³/mol. The number of piperazine rings is 1. The van der Waals surface area contributed by atoms with Crippen molar-refractivity contribution < 1.29 is 9.52 Å². The molecule has 0 amide bonds. The molecule has 1 fully saturated rings. The number of pyridine rings is 1. The van der Waals surface area contributed by atoms with Gasteiger partial charge in [0.1, 0.15) is 17.2 Å². The number of guanidine groups is 1. The van der Waals surface area contributed by atoms with Crippen molar-refractivity contribution in [2.24, 2.45) is 4.99 Å². The van der Waals surface area contributed by atoms with Crippen LogP contribution in [0.2, 0.25) is 0 Å². The van der Waals surface area contributed by atoms with Gasteiger partial charge in [-0.1, -0.05) is 13.0 Å². The van der Waals surface area contributed by atoms with E-state index in [-0.39, 0.29) is 30.5 Å². The van der Waals surface area contributed by atoms with Crippen LogP contribution in [0.25, 0.3) is 0 Å². The molecule has 0 bridgehead atoms. The minimum atomic E-state index is -1.12. The largest absolute Gasteiger partial charge is 0.466 e. The van der Waals surface area contributed by atoms with E-state index in [1.165, 1.54) is 0 Å². The summed E-state index contributed by atoms with van der Waals surface area (Å²) in [6, 6.07) is 7.69. The van der Waals surface area contributed by atoms with E-state index in [4.69, 9.17) is 4.42 Å². The lowest BCUT2D eigenvalue weighted by atomic mass is 10.0. The van der Waals surface area contributed by atoms with Gasteiger partial charge >= 0.3 is 0 Å². The highest BCUT2D eigenvalue weighted by molar-refractivity contribution is 14.0. The Hall–Kier alpha value is -1.85. The third-order valence-corrected chi connectivity index (χ3v) is 5.37. The van der Waals surface area contributed by atoms with Gasteiger partial charge in [-0.05, 0) is 44.2 Å². The third-order valence-electron chi connectivity index (χ3n) is 5.37. The number of hydrogen-bond donors (Lipinski definition) is 3. The molecular weight excluding hydrogens is 507 g/mol. The van der Waals surface area contributed by atoms with E-state index in [0.29, 0.717) is 18.3 Å². The van der Waals surface area contributed by atoms with Gasteiger partial charge in [0.15, 0.2) is 5.96 Å². The molecular formula is C22H35IN6O2. The molecule has 0 aromatic carbocycles. The van der Waals surface area contributed by atoms with Gasteiger partial charge in [-0.2, -0.15) is 0 Å². The van der Waals surface area contributed by atoms with Crippen LogP contribution in [-0.4, -0.2) is 66.8 Å². The number of nitrogens with zero attached hydrogens (tertiary/aromatic N) is 4. The second kappa shape index (κ2) is 12.3. The minimum Gasteiger partial charge on any atom is -0.466 e. The monoisotopic (exact) mass is 542 g/mol. The molecule has 2 aromatic heterocycles. The van der Waals surface area contributed by atoms with Crippen molar-refractivity contribution in [1.82, 2.24) is 20.5 Å². The number of aliphatic hydroxyl groups is 1. The first kappa shape index (κ1) is 25.4. The maximum atomic E-state index is 10.6. The molecule has 0 aliphatic carbocycles. The summed E-state index contributed by atoms with van der Waals surface area (Å²) in [7, 11) is 0. The van der Waals surface area contributed by atoms with E-state index in [9.17, 15) is 5.11 Å². The maximum absolute atomic E-state index is 10.6. The van der Waals surface area contributed by atoms with Crippen molar-refractivity contribution in [1.29, 1.82) is 0 Å². The van der Waals surface area contributed by atoms with Crippen LogP contribution in [-0.2, 0) is 12.1 Å². The fraction of sp³-hybridized carbons (Fsp3) is 0.545. The summed E-state index contributed by atoms with van der Waals surface area (Å²) in [6.45, 7) is 12.8. The molecule has 8 nitrogen and oxygen atoms in total. The van der Waals surface area contributed by atoms with Crippen LogP contribution in [0.1, 0.15) is 32.1 Å². The Morgan fingerprint density at radius 3 is 2.55 bits per heavy atom. The molecule has 0 saturated carbocycles. The van der Waals surface area contributed by atoms with Gasteiger partial charge in [-0.3, -0.25) is 0 Å².